The van der Waals surface area contributed by atoms with E-state index in [4.69, 9.17) is 41.8 Å². The van der Waals surface area contributed by atoms with Gasteiger partial charge in [-0.15, -0.1) is 34.0 Å². The first-order chi connectivity index (χ1) is 19.9. The lowest BCUT2D eigenvalue weighted by molar-refractivity contribution is 0.476. The summed E-state index contributed by atoms with van der Waals surface area (Å²) in [5.74, 6) is 0.280. The lowest BCUT2D eigenvalue weighted by Gasteiger charge is -2.02. The molecule has 0 bridgehead atoms. The van der Waals surface area contributed by atoms with Gasteiger partial charge in [-0.2, -0.15) is 0 Å². The van der Waals surface area contributed by atoms with E-state index < -0.39 is 0 Å². The molecule has 3 heterocycles. The van der Waals surface area contributed by atoms with Crippen LogP contribution in [-0.4, -0.2) is 20.1 Å². The van der Waals surface area contributed by atoms with E-state index in [-0.39, 0.29) is 5.75 Å². The smallest absolute Gasteiger partial charge is 0.159 e. The van der Waals surface area contributed by atoms with Crippen molar-refractivity contribution in [3.8, 4) is 16.9 Å². The number of aromatic hydroxyl groups is 1. The molecule has 5 aromatic carbocycles. The minimum absolute atomic E-state index is 0.280. The summed E-state index contributed by atoms with van der Waals surface area (Å²) < 4.78 is 5.86. The molecule has 0 fully saturated rings. The van der Waals surface area contributed by atoms with Crippen molar-refractivity contribution >= 4 is 112 Å². The number of hydrogen-bond acceptors (Lipinski definition) is 7. The van der Waals surface area contributed by atoms with Crippen LogP contribution >= 0.6 is 70.7 Å². The molecule has 202 valence electrons. The van der Waals surface area contributed by atoms with Crippen molar-refractivity contribution in [3.63, 3.8) is 0 Å². The Morgan fingerprint density at radius 3 is 2.00 bits per heavy atom. The summed E-state index contributed by atoms with van der Waals surface area (Å²) in [6.07, 6.45) is 0. The van der Waals surface area contributed by atoms with Gasteiger partial charge in [-0.1, -0.05) is 72.8 Å². The molecule has 10 heteroatoms. The minimum atomic E-state index is 0.280. The Morgan fingerprint density at radius 1 is 0.537 bits per heavy atom. The van der Waals surface area contributed by atoms with Gasteiger partial charge in [-0.25, -0.2) is 0 Å². The van der Waals surface area contributed by atoms with Crippen molar-refractivity contribution in [2.45, 2.75) is 0 Å². The lowest BCUT2D eigenvalue weighted by atomic mass is 10.1. The van der Waals surface area contributed by atoms with Gasteiger partial charge in [0.15, 0.2) is 11.9 Å². The molecule has 0 aliphatic carbocycles. The first kappa shape index (κ1) is 27.6. The zero-order valence-corrected chi connectivity index (χ0v) is 26.1. The molecule has 8 aromatic rings. The summed E-state index contributed by atoms with van der Waals surface area (Å²) in [4.78, 5) is 9.50. The maximum absolute atomic E-state index is 9.10. The summed E-state index contributed by atoms with van der Waals surface area (Å²) in [6.45, 7) is 0. The van der Waals surface area contributed by atoms with Crippen LogP contribution < -0.4 is 0 Å². The molecule has 4 nitrogen and oxygen atoms in total. The molecule has 0 saturated carbocycles. The molecule has 0 saturated heterocycles. The van der Waals surface area contributed by atoms with Gasteiger partial charge in [-0.05, 0) is 77.9 Å². The maximum Gasteiger partial charge on any atom is 0.159 e. The normalized spacial score (nSPS) is 10.8. The molecule has 0 unspecified atom stereocenters. The highest BCUT2D eigenvalue weighted by molar-refractivity contribution is 7.74. The third-order valence-corrected chi connectivity index (χ3v) is 9.86. The highest BCUT2D eigenvalue weighted by atomic mass is 32.2. The van der Waals surface area contributed by atoms with E-state index in [0.717, 1.165) is 33.1 Å². The average Bonchev–Trinajstić information content (AvgIpc) is 3.67. The molecule has 8 rings (SSSR count). The average molecular weight is 644 g/mol. The maximum atomic E-state index is 9.10. The van der Waals surface area contributed by atoms with Crippen molar-refractivity contribution in [2.24, 2.45) is 0 Å². The van der Waals surface area contributed by atoms with E-state index >= 15 is 0 Å². The predicted molar refractivity (Wildman–Crippen MR) is 186 cm³/mol. The van der Waals surface area contributed by atoms with Crippen LogP contribution in [0.4, 0.5) is 0 Å². The zero-order valence-electron chi connectivity index (χ0n) is 21.2. The molecular weight excluding hydrogens is 623 g/mol. The quantitative estimate of drug-likeness (QED) is 0.134. The van der Waals surface area contributed by atoms with Crippen LogP contribution in [0.15, 0.2) is 103 Å². The van der Waals surface area contributed by atoms with E-state index in [1.54, 1.807) is 34.8 Å². The van der Waals surface area contributed by atoms with Crippen molar-refractivity contribution < 1.29 is 5.11 Å². The van der Waals surface area contributed by atoms with E-state index in [0.29, 0.717) is 0 Å². The lowest BCUT2D eigenvalue weighted by Crippen LogP contribution is -1.79. The number of phenolic OH excluding ortho intramolecular Hbond substituents is 1. The van der Waals surface area contributed by atoms with Crippen molar-refractivity contribution in [2.75, 3.05) is 0 Å². The van der Waals surface area contributed by atoms with Crippen molar-refractivity contribution in [3.05, 3.63) is 115 Å². The van der Waals surface area contributed by atoms with Gasteiger partial charge in [0, 0.05) is 10.9 Å². The van der Waals surface area contributed by atoms with E-state index in [9.17, 15) is 0 Å². The van der Waals surface area contributed by atoms with Gasteiger partial charge in [0.1, 0.15) is 5.75 Å². The Labute approximate surface area is 262 Å². The number of aromatic amines is 3. The standard InChI is InChI=1S/C13H9NS2.C11H7NS2.C7H5NOS2/c15-13-14-12-10(7-4-8-11(12)16-13)9-5-2-1-3-6-9;13-11-12-10-8-4-2-1-3-7(8)5-6-9(10)14-11;9-4-1-2-5-6(3-4)11-7(10)8-5/h1-8H,(H,14,15);1-6H,(H,12,13);1-3,9H,(H,8,10). The number of thiazole rings is 3. The van der Waals surface area contributed by atoms with Crippen LogP contribution in [-0.2, 0) is 0 Å². The molecule has 0 atom stereocenters. The summed E-state index contributed by atoms with van der Waals surface area (Å²) in [5.41, 5.74) is 5.72. The second-order valence-corrected chi connectivity index (χ2v) is 14.1. The molecule has 0 radical (unpaired) electrons. The Morgan fingerprint density at radius 2 is 1.20 bits per heavy atom. The van der Waals surface area contributed by atoms with E-state index in [2.05, 4.69) is 93.8 Å². The van der Waals surface area contributed by atoms with Gasteiger partial charge in [0.25, 0.3) is 0 Å². The fourth-order valence-corrected chi connectivity index (χ4v) is 7.86. The van der Waals surface area contributed by atoms with Crippen LogP contribution in [0, 0.1) is 11.9 Å². The first-order valence-corrected chi connectivity index (χ1v) is 16.1. The molecule has 41 heavy (non-hydrogen) atoms. The zero-order chi connectivity index (χ0) is 28.3. The van der Waals surface area contributed by atoms with Gasteiger partial charge >= 0.3 is 0 Å². The number of rotatable bonds is 1. The molecule has 0 aliphatic heterocycles. The largest absolute Gasteiger partial charge is 0.508 e. The number of fused-ring (bicyclic) bond motifs is 5. The molecule has 0 aliphatic rings. The monoisotopic (exact) mass is 643 g/mol. The fourth-order valence-electron chi connectivity index (χ4n) is 4.46. The molecular formula is C31H21N3OS6. The summed E-state index contributed by atoms with van der Waals surface area (Å²) in [6, 6.07) is 34.4. The van der Waals surface area contributed by atoms with Crippen molar-refractivity contribution in [1.82, 2.24) is 15.0 Å². The number of phenols is 1. The summed E-state index contributed by atoms with van der Waals surface area (Å²) >= 11 is 20.0. The fraction of sp³-hybridized carbons (Fsp3) is 0. The number of benzene rings is 5. The van der Waals surface area contributed by atoms with Crippen LogP contribution in [0.25, 0.3) is 52.5 Å². The highest BCUT2D eigenvalue weighted by Crippen LogP contribution is 2.30. The highest BCUT2D eigenvalue weighted by Gasteiger charge is 2.05. The van der Waals surface area contributed by atoms with Crippen molar-refractivity contribution in [1.29, 1.82) is 0 Å². The molecule has 3 aromatic heterocycles. The predicted octanol–water partition coefficient (Wildman–Crippen LogP) is 11.4. The Hall–Kier alpha value is -3.51. The van der Waals surface area contributed by atoms with E-state index in [1.807, 2.05) is 12.1 Å². The Kier molecular flexibility index (Phi) is 8.20. The van der Waals surface area contributed by atoms with Gasteiger partial charge < -0.3 is 20.1 Å². The molecule has 4 N–H and O–H groups in total. The number of para-hydroxylation sites is 1. The van der Waals surface area contributed by atoms with Gasteiger partial charge in [0.2, 0.25) is 0 Å². The summed E-state index contributed by atoms with van der Waals surface area (Å²) in [7, 11) is 0. The number of nitrogens with one attached hydrogen (secondary N) is 3. The second-order valence-electron chi connectivity index (χ2n) is 8.93. The van der Waals surface area contributed by atoms with Crippen LogP contribution in [0.1, 0.15) is 0 Å². The van der Waals surface area contributed by atoms with Crippen LogP contribution in [0.2, 0.25) is 0 Å². The molecule has 0 amide bonds. The Balaban J connectivity index is 0.000000113. The second kappa shape index (κ2) is 12.2. The first-order valence-electron chi connectivity index (χ1n) is 12.4. The topological polar surface area (TPSA) is 67.6 Å². The SMILES string of the molecule is Oc1ccc2[nH]c(=S)sc2c1.S=c1[nH]c2c(-c3ccccc3)cccc2s1.S=c1[nH]c2c(ccc3ccccc32)s1. The third-order valence-electron chi connectivity index (χ3n) is 6.27. The number of H-pyrrole nitrogens is 3. The third kappa shape index (κ3) is 6.23. The summed E-state index contributed by atoms with van der Waals surface area (Å²) in [5, 5.41) is 11.6. The van der Waals surface area contributed by atoms with Crippen LogP contribution in [0.5, 0.6) is 5.75 Å². The van der Waals surface area contributed by atoms with Gasteiger partial charge in [0.05, 0.1) is 30.6 Å². The number of hydrogen-bond donors (Lipinski definition) is 4. The number of aromatic nitrogens is 3. The molecule has 0 spiro atoms. The minimum Gasteiger partial charge on any atom is -0.508 e. The van der Waals surface area contributed by atoms with Crippen LogP contribution in [0.3, 0.4) is 0 Å². The van der Waals surface area contributed by atoms with Gasteiger partial charge in [-0.3, -0.25) is 0 Å². The Bertz CT molecular complexity index is 2300. The van der Waals surface area contributed by atoms with E-state index in [1.165, 1.54) is 42.6 Å².